The second kappa shape index (κ2) is 7.33. The first-order valence-electron chi connectivity index (χ1n) is 10.1. The number of aryl methyl sites for hydroxylation is 1. The van der Waals surface area contributed by atoms with Crippen LogP contribution in [0.4, 0.5) is 0 Å². The molecule has 0 bridgehead atoms. The summed E-state index contributed by atoms with van der Waals surface area (Å²) in [7, 11) is 1.79. The number of pyridine rings is 1. The number of nitrogens with zero attached hydrogens (tertiary/aromatic N) is 3. The summed E-state index contributed by atoms with van der Waals surface area (Å²) < 4.78 is 7.41. The van der Waals surface area contributed by atoms with Gasteiger partial charge < -0.3 is 9.09 Å². The van der Waals surface area contributed by atoms with E-state index < -0.39 is 0 Å². The van der Waals surface area contributed by atoms with Crippen molar-refractivity contribution in [3.05, 3.63) is 76.7 Å². The number of hydrogen-bond donors (Lipinski definition) is 0. The minimum atomic E-state index is -0.0964. The molecule has 2 aromatic carbocycles. The van der Waals surface area contributed by atoms with E-state index in [-0.39, 0.29) is 5.56 Å². The topological polar surface area (TPSA) is 51.3 Å². The lowest BCUT2D eigenvalue weighted by Crippen LogP contribution is -2.19. The SMILES string of the molecule is Cn1cc(-c2ccccc2CN2CCCC2)c2onc(-c3ccccc3)c2c1=O. The van der Waals surface area contributed by atoms with E-state index >= 15 is 0 Å². The van der Waals surface area contributed by atoms with E-state index in [4.69, 9.17) is 4.52 Å². The quantitative estimate of drug-likeness (QED) is 0.521. The van der Waals surface area contributed by atoms with E-state index in [1.54, 1.807) is 11.6 Å². The van der Waals surface area contributed by atoms with Gasteiger partial charge in [-0.15, -0.1) is 0 Å². The summed E-state index contributed by atoms with van der Waals surface area (Å²) in [5.41, 5.74) is 5.18. The normalized spacial score (nSPS) is 14.7. The molecule has 5 rings (SSSR count). The van der Waals surface area contributed by atoms with Crippen LogP contribution in [0.1, 0.15) is 18.4 Å². The van der Waals surface area contributed by atoms with Gasteiger partial charge in [0.1, 0.15) is 11.1 Å². The lowest BCUT2D eigenvalue weighted by molar-refractivity contribution is 0.332. The highest BCUT2D eigenvalue weighted by atomic mass is 16.5. The van der Waals surface area contributed by atoms with Crippen LogP contribution in [-0.2, 0) is 13.6 Å². The fraction of sp³-hybridized carbons (Fsp3) is 0.250. The molecule has 0 unspecified atom stereocenters. The maximum atomic E-state index is 13.0. The molecule has 0 radical (unpaired) electrons. The van der Waals surface area contributed by atoms with Crippen molar-refractivity contribution in [1.29, 1.82) is 0 Å². The predicted molar refractivity (Wildman–Crippen MR) is 115 cm³/mol. The molecule has 2 aromatic heterocycles. The molecule has 5 heteroatoms. The number of likely N-dealkylation sites (tertiary alicyclic amines) is 1. The maximum Gasteiger partial charge on any atom is 0.263 e. The van der Waals surface area contributed by atoms with Gasteiger partial charge >= 0.3 is 0 Å². The third kappa shape index (κ3) is 3.17. The minimum absolute atomic E-state index is 0.0964. The molecule has 3 heterocycles. The Balaban J connectivity index is 1.70. The van der Waals surface area contributed by atoms with Crippen LogP contribution >= 0.6 is 0 Å². The number of benzene rings is 2. The molecule has 29 heavy (non-hydrogen) atoms. The molecule has 146 valence electrons. The number of hydrogen-bond acceptors (Lipinski definition) is 4. The summed E-state index contributed by atoms with van der Waals surface area (Å²) in [6.07, 6.45) is 4.39. The zero-order valence-electron chi connectivity index (χ0n) is 16.5. The highest BCUT2D eigenvalue weighted by Gasteiger charge is 2.22. The molecular formula is C24H23N3O2. The molecule has 0 spiro atoms. The van der Waals surface area contributed by atoms with Crippen molar-refractivity contribution in [3.63, 3.8) is 0 Å². The lowest BCUT2D eigenvalue weighted by atomic mass is 9.98. The molecule has 4 aromatic rings. The molecule has 5 nitrogen and oxygen atoms in total. The fourth-order valence-corrected chi connectivity index (χ4v) is 4.25. The summed E-state index contributed by atoms with van der Waals surface area (Å²) >= 11 is 0. The summed E-state index contributed by atoms with van der Waals surface area (Å²) in [4.78, 5) is 15.5. The Bertz CT molecular complexity index is 1220. The van der Waals surface area contributed by atoms with Gasteiger partial charge in [-0.3, -0.25) is 9.69 Å². The average molecular weight is 385 g/mol. The predicted octanol–water partition coefficient (Wildman–Crippen LogP) is 4.46. The Kier molecular flexibility index (Phi) is 4.52. The molecule has 0 saturated carbocycles. The van der Waals surface area contributed by atoms with Crippen molar-refractivity contribution in [2.75, 3.05) is 13.1 Å². The second-order valence-electron chi connectivity index (χ2n) is 7.70. The summed E-state index contributed by atoms with van der Waals surface area (Å²) in [6, 6.07) is 18.1. The van der Waals surface area contributed by atoms with E-state index in [9.17, 15) is 4.79 Å². The van der Waals surface area contributed by atoms with Gasteiger partial charge in [-0.25, -0.2) is 0 Å². The molecule has 1 aliphatic rings. The summed E-state index contributed by atoms with van der Waals surface area (Å²) in [6.45, 7) is 3.18. The highest BCUT2D eigenvalue weighted by Crippen LogP contribution is 2.34. The number of rotatable bonds is 4. The van der Waals surface area contributed by atoms with E-state index in [0.29, 0.717) is 16.7 Å². The number of aromatic nitrogens is 2. The van der Waals surface area contributed by atoms with Gasteiger partial charge in [0.2, 0.25) is 0 Å². The van der Waals surface area contributed by atoms with Crippen LogP contribution in [0.25, 0.3) is 33.4 Å². The molecule has 0 amide bonds. The van der Waals surface area contributed by atoms with Crippen LogP contribution in [-0.4, -0.2) is 27.7 Å². The molecular weight excluding hydrogens is 362 g/mol. The maximum absolute atomic E-state index is 13.0. The molecule has 1 aliphatic heterocycles. The van der Waals surface area contributed by atoms with E-state index in [0.717, 1.165) is 36.3 Å². The molecule has 0 atom stereocenters. The third-order valence-electron chi connectivity index (χ3n) is 5.74. The van der Waals surface area contributed by atoms with Gasteiger partial charge in [-0.2, -0.15) is 0 Å². The summed E-state index contributed by atoms with van der Waals surface area (Å²) in [5, 5.41) is 4.82. The Hall–Kier alpha value is -3.18. The van der Waals surface area contributed by atoms with Crippen molar-refractivity contribution in [2.45, 2.75) is 19.4 Å². The largest absolute Gasteiger partial charge is 0.355 e. The van der Waals surface area contributed by atoms with Crippen LogP contribution in [0.15, 0.2) is 70.1 Å². The average Bonchev–Trinajstić information content (AvgIpc) is 3.42. The first-order chi connectivity index (χ1) is 14.2. The van der Waals surface area contributed by atoms with E-state index in [1.165, 1.54) is 18.4 Å². The van der Waals surface area contributed by atoms with Gasteiger partial charge in [0.25, 0.3) is 5.56 Å². The highest BCUT2D eigenvalue weighted by molar-refractivity contribution is 5.99. The first-order valence-corrected chi connectivity index (χ1v) is 10.1. The smallest absolute Gasteiger partial charge is 0.263 e. The Morgan fingerprint density at radius 1 is 0.966 bits per heavy atom. The van der Waals surface area contributed by atoms with Crippen LogP contribution in [0.3, 0.4) is 0 Å². The zero-order valence-corrected chi connectivity index (χ0v) is 16.5. The van der Waals surface area contributed by atoms with Gasteiger partial charge in [0.05, 0.1) is 0 Å². The Labute approximate surface area is 169 Å². The standard InChI is InChI=1S/C24H23N3O2/c1-26-16-20(19-12-6-5-11-18(19)15-27-13-7-8-14-27)23-21(24(26)28)22(25-29-23)17-9-3-2-4-10-17/h2-6,9-12,16H,7-8,13-15H2,1H3. The Morgan fingerprint density at radius 3 is 2.48 bits per heavy atom. The zero-order chi connectivity index (χ0) is 19.8. The van der Waals surface area contributed by atoms with Gasteiger partial charge in [-0.05, 0) is 37.1 Å². The van der Waals surface area contributed by atoms with E-state index in [1.807, 2.05) is 42.6 Å². The van der Waals surface area contributed by atoms with Crippen molar-refractivity contribution in [3.8, 4) is 22.4 Å². The Morgan fingerprint density at radius 2 is 1.69 bits per heavy atom. The van der Waals surface area contributed by atoms with Crippen molar-refractivity contribution in [2.24, 2.45) is 7.05 Å². The van der Waals surface area contributed by atoms with Crippen molar-refractivity contribution in [1.82, 2.24) is 14.6 Å². The van der Waals surface area contributed by atoms with Crippen LogP contribution < -0.4 is 5.56 Å². The fourth-order valence-electron chi connectivity index (χ4n) is 4.25. The second-order valence-corrected chi connectivity index (χ2v) is 7.70. The van der Waals surface area contributed by atoms with Gasteiger partial charge in [0, 0.05) is 30.9 Å². The lowest BCUT2D eigenvalue weighted by Gasteiger charge is -2.18. The van der Waals surface area contributed by atoms with Crippen LogP contribution in [0, 0.1) is 0 Å². The monoisotopic (exact) mass is 385 g/mol. The van der Waals surface area contributed by atoms with Crippen LogP contribution in [0.2, 0.25) is 0 Å². The van der Waals surface area contributed by atoms with Crippen molar-refractivity contribution < 1.29 is 4.52 Å². The summed E-state index contributed by atoms with van der Waals surface area (Å²) in [5.74, 6) is 0. The molecule has 0 N–H and O–H groups in total. The van der Waals surface area contributed by atoms with Crippen LogP contribution in [0.5, 0.6) is 0 Å². The molecule has 0 aliphatic carbocycles. The minimum Gasteiger partial charge on any atom is -0.355 e. The number of fused-ring (bicyclic) bond motifs is 1. The third-order valence-corrected chi connectivity index (χ3v) is 5.74. The first kappa shape index (κ1) is 17.9. The molecule has 1 saturated heterocycles. The van der Waals surface area contributed by atoms with Crippen molar-refractivity contribution >= 4 is 11.0 Å². The van der Waals surface area contributed by atoms with Gasteiger partial charge in [-0.1, -0.05) is 59.8 Å². The van der Waals surface area contributed by atoms with E-state index in [2.05, 4.69) is 28.3 Å². The van der Waals surface area contributed by atoms with Gasteiger partial charge in [0.15, 0.2) is 5.58 Å². The molecule has 1 fully saturated rings.